The van der Waals surface area contributed by atoms with E-state index in [1.165, 1.54) is 0 Å². The molecule has 0 radical (unpaired) electrons. The number of esters is 1. The number of hydrogen-bond acceptors (Lipinski definition) is 3. The molecule has 0 spiro atoms. The summed E-state index contributed by atoms with van der Waals surface area (Å²) < 4.78 is 5.30. The number of rotatable bonds is 5. The van der Waals surface area contributed by atoms with Gasteiger partial charge in [-0.3, -0.25) is 4.79 Å². The average Bonchev–Trinajstić information content (AvgIpc) is 2.64. The highest BCUT2D eigenvalue weighted by Crippen LogP contribution is 2.29. The van der Waals surface area contributed by atoms with Crippen LogP contribution in [0.25, 0.3) is 21.5 Å². The Labute approximate surface area is 146 Å². The van der Waals surface area contributed by atoms with Gasteiger partial charge in [0.1, 0.15) is 0 Å². The molecule has 1 N–H and O–H groups in total. The molecule has 25 heavy (non-hydrogen) atoms. The Hall–Kier alpha value is -2.88. The van der Waals surface area contributed by atoms with Crippen LogP contribution in [0.4, 0.5) is 0 Å². The summed E-state index contributed by atoms with van der Waals surface area (Å²) in [6.07, 6.45) is 0.827. The van der Waals surface area contributed by atoms with E-state index in [1.807, 2.05) is 62.4 Å². The average molecular weight is 335 g/mol. The van der Waals surface area contributed by atoms with Gasteiger partial charge >= 0.3 is 5.97 Å². The lowest BCUT2D eigenvalue weighted by Gasteiger charge is -2.13. The molecule has 0 fully saturated rings. The van der Waals surface area contributed by atoms with Crippen molar-refractivity contribution < 1.29 is 14.3 Å². The van der Waals surface area contributed by atoms with E-state index in [0.717, 1.165) is 28.0 Å². The lowest BCUT2D eigenvalue weighted by Crippen LogP contribution is -2.35. The Bertz CT molecular complexity index is 879. The van der Waals surface area contributed by atoms with Gasteiger partial charge < -0.3 is 10.1 Å². The van der Waals surface area contributed by atoms with Crippen molar-refractivity contribution in [2.75, 3.05) is 6.61 Å². The molecule has 0 aliphatic rings. The second kappa shape index (κ2) is 7.34. The highest BCUT2D eigenvalue weighted by molar-refractivity contribution is 6.16. The summed E-state index contributed by atoms with van der Waals surface area (Å²) in [4.78, 5) is 24.6. The fourth-order valence-corrected chi connectivity index (χ4v) is 2.86. The number of benzene rings is 3. The second-order valence-electron chi connectivity index (χ2n) is 6.15. The Morgan fingerprint density at radius 2 is 1.56 bits per heavy atom. The van der Waals surface area contributed by atoms with Crippen molar-refractivity contribution in [2.24, 2.45) is 0 Å². The number of amides is 1. The van der Waals surface area contributed by atoms with Crippen LogP contribution in [0.15, 0.2) is 54.6 Å². The third-order valence-electron chi connectivity index (χ3n) is 4.33. The molecule has 0 bridgehead atoms. The minimum absolute atomic E-state index is 0.0598. The molecular weight excluding hydrogens is 314 g/mol. The van der Waals surface area contributed by atoms with Crippen molar-refractivity contribution in [3.8, 4) is 0 Å². The summed E-state index contributed by atoms with van der Waals surface area (Å²) in [5.74, 6) is -0.764. The zero-order valence-corrected chi connectivity index (χ0v) is 14.4. The Balaban J connectivity index is 1.93. The zero-order chi connectivity index (χ0) is 17.8. The monoisotopic (exact) mass is 335 g/mol. The summed E-state index contributed by atoms with van der Waals surface area (Å²) in [5, 5.41) is 6.39. The third kappa shape index (κ3) is 3.63. The van der Waals surface area contributed by atoms with Gasteiger partial charge in [-0.25, -0.2) is 4.79 Å². The Morgan fingerprint density at radius 3 is 2.12 bits per heavy atom. The van der Waals surface area contributed by atoms with Crippen molar-refractivity contribution >= 4 is 33.4 Å². The van der Waals surface area contributed by atoms with E-state index >= 15 is 0 Å². The van der Waals surface area contributed by atoms with Gasteiger partial charge in [0, 0.05) is 6.04 Å². The fourth-order valence-electron chi connectivity index (χ4n) is 2.86. The minimum Gasteiger partial charge on any atom is -0.452 e. The molecule has 128 valence electrons. The van der Waals surface area contributed by atoms with Crippen molar-refractivity contribution in [3.05, 3.63) is 60.2 Å². The number of carbonyl (C=O) groups excluding carboxylic acids is 2. The van der Waals surface area contributed by atoms with Crippen LogP contribution in [0.2, 0.25) is 0 Å². The minimum atomic E-state index is -0.479. The van der Waals surface area contributed by atoms with E-state index in [2.05, 4.69) is 11.4 Å². The van der Waals surface area contributed by atoms with Gasteiger partial charge in [0.25, 0.3) is 5.91 Å². The smallest absolute Gasteiger partial charge is 0.339 e. The van der Waals surface area contributed by atoms with Gasteiger partial charge in [-0.1, -0.05) is 55.5 Å². The number of carbonyl (C=O) groups is 2. The summed E-state index contributed by atoms with van der Waals surface area (Å²) in [6.45, 7) is 3.62. The lowest BCUT2D eigenvalue weighted by molar-refractivity contribution is -0.124. The molecule has 0 aliphatic carbocycles. The molecule has 0 saturated heterocycles. The van der Waals surface area contributed by atoms with Gasteiger partial charge in [-0.15, -0.1) is 0 Å². The maximum absolute atomic E-state index is 12.7. The summed E-state index contributed by atoms with van der Waals surface area (Å²) in [6, 6.07) is 17.5. The number of hydrogen-bond donors (Lipinski definition) is 1. The highest BCUT2D eigenvalue weighted by Gasteiger charge is 2.17. The highest BCUT2D eigenvalue weighted by atomic mass is 16.5. The largest absolute Gasteiger partial charge is 0.452 e. The summed E-state index contributed by atoms with van der Waals surface area (Å²) >= 11 is 0. The van der Waals surface area contributed by atoms with Crippen LogP contribution in [0.3, 0.4) is 0 Å². The molecule has 0 unspecified atom stereocenters. The first-order valence-electron chi connectivity index (χ1n) is 8.47. The molecule has 4 heteroatoms. The predicted molar refractivity (Wildman–Crippen MR) is 99.6 cm³/mol. The molecule has 1 amide bonds. The molecule has 3 aromatic rings. The summed E-state index contributed by atoms with van der Waals surface area (Å²) in [5.41, 5.74) is 0.505. The number of fused-ring (bicyclic) bond motifs is 2. The zero-order valence-electron chi connectivity index (χ0n) is 14.4. The van der Waals surface area contributed by atoms with Crippen molar-refractivity contribution in [2.45, 2.75) is 26.3 Å². The van der Waals surface area contributed by atoms with Crippen LogP contribution in [-0.2, 0) is 9.53 Å². The molecule has 3 aromatic carbocycles. The number of ether oxygens (including phenoxy) is 1. The van der Waals surface area contributed by atoms with Crippen LogP contribution >= 0.6 is 0 Å². The molecule has 4 nitrogen and oxygen atoms in total. The second-order valence-corrected chi connectivity index (χ2v) is 6.15. The molecule has 0 heterocycles. The predicted octanol–water partition coefficient (Wildman–Crippen LogP) is 4.06. The van der Waals surface area contributed by atoms with Crippen LogP contribution < -0.4 is 5.32 Å². The van der Waals surface area contributed by atoms with E-state index in [9.17, 15) is 9.59 Å². The maximum Gasteiger partial charge on any atom is 0.339 e. The van der Waals surface area contributed by atoms with Gasteiger partial charge in [0.15, 0.2) is 6.61 Å². The SMILES string of the molecule is CC[C@H](C)NC(=O)COC(=O)c1c2ccccc2cc2ccccc12. The molecule has 0 aliphatic heterocycles. The van der Waals surface area contributed by atoms with Gasteiger partial charge in [0.2, 0.25) is 0 Å². The molecule has 0 aromatic heterocycles. The van der Waals surface area contributed by atoms with E-state index in [1.54, 1.807) is 0 Å². The Morgan fingerprint density at radius 1 is 1.00 bits per heavy atom. The van der Waals surface area contributed by atoms with E-state index in [4.69, 9.17) is 4.74 Å². The van der Waals surface area contributed by atoms with Crippen LogP contribution in [0.1, 0.15) is 30.6 Å². The van der Waals surface area contributed by atoms with Crippen molar-refractivity contribution in [1.82, 2.24) is 5.32 Å². The Kier molecular flexibility index (Phi) is 4.98. The van der Waals surface area contributed by atoms with Crippen LogP contribution in [0.5, 0.6) is 0 Å². The quantitative estimate of drug-likeness (QED) is 0.565. The van der Waals surface area contributed by atoms with E-state index in [-0.39, 0.29) is 18.6 Å². The molecular formula is C21H21NO3. The maximum atomic E-state index is 12.7. The normalized spacial score (nSPS) is 12.1. The third-order valence-corrected chi connectivity index (χ3v) is 4.33. The fraction of sp³-hybridized carbons (Fsp3) is 0.238. The molecule has 0 saturated carbocycles. The molecule has 1 atom stereocenters. The standard InChI is InChI=1S/C21H21NO3/c1-3-14(2)22-19(23)13-25-21(24)20-17-10-6-4-8-15(17)12-16-9-5-7-11-18(16)20/h4-12,14H,3,13H2,1-2H3,(H,22,23)/t14-/m0/s1. The molecule has 3 rings (SSSR count). The van der Waals surface area contributed by atoms with Crippen molar-refractivity contribution in [3.63, 3.8) is 0 Å². The topological polar surface area (TPSA) is 55.4 Å². The summed E-state index contributed by atoms with van der Waals surface area (Å²) in [7, 11) is 0. The first kappa shape index (κ1) is 17.0. The van der Waals surface area contributed by atoms with E-state index < -0.39 is 5.97 Å². The number of nitrogens with one attached hydrogen (secondary N) is 1. The first-order chi connectivity index (χ1) is 12.1. The van der Waals surface area contributed by atoms with Gasteiger partial charge in [-0.05, 0) is 41.0 Å². The lowest BCUT2D eigenvalue weighted by atomic mass is 9.97. The van der Waals surface area contributed by atoms with Gasteiger partial charge in [-0.2, -0.15) is 0 Å². The van der Waals surface area contributed by atoms with Crippen LogP contribution in [-0.4, -0.2) is 24.5 Å². The van der Waals surface area contributed by atoms with E-state index in [0.29, 0.717) is 5.56 Å². The first-order valence-corrected chi connectivity index (χ1v) is 8.47. The van der Waals surface area contributed by atoms with Crippen LogP contribution in [0, 0.1) is 0 Å². The van der Waals surface area contributed by atoms with Gasteiger partial charge in [0.05, 0.1) is 5.56 Å². The van der Waals surface area contributed by atoms with Crippen molar-refractivity contribution in [1.29, 1.82) is 0 Å².